The molecular weight excluding hydrogens is 238 g/mol. The van der Waals surface area contributed by atoms with Crippen LogP contribution in [0.15, 0.2) is 30.6 Å². The molecule has 4 nitrogen and oxygen atoms in total. The molecule has 100 valence electrons. The molecule has 3 rings (SSSR count). The highest BCUT2D eigenvalue weighted by Gasteiger charge is 2.36. The van der Waals surface area contributed by atoms with Crippen molar-refractivity contribution in [3.05, 3.63) is 30.6 Å². The predicted octanol–water partition coefficient (Wildman–Crippen LogP) is 2.80. The van der Waals surface area contributed by atoms with Crippen molar-refractivity contribution in [3.8, 4) is 0 Å². The molecule has 19 heavy (non-hydrogen) atoms. The minimum Gasteiger partial charge on any atom is -0.398 e. The van der Waals surface area contributed by atoms with Crippen LogP contribution < -0.4 is 11.1 Å². The topological polar surface area (TPSA) is 60.2 Å². The Kier molecular flexibility index (Phi) is 3.03. The van der Waals surface area contributed by atoms with Crippen molar-refractivity contribution in [3.63, 3.8) is 0 Å². The minimum absolute atomic E-state index is 0.00984. The molecule has 1 aliphatic rings. The second-order valence-corrected chi connectivity index (χ2v) is 5.22. The number of anilines is 2. The zero-order valence-electron chi connectivity index (χ0n) is 11.1. The molecule has 0 saturated heterocycles. The largest absolute Gasteiger partial charge is 0.398 e. The van der Waals surface area contributed by atoms with Crippen molar-refractivity contribution in [1.82, 2.24) is 4.98 Å². The van der Waals surface area contributed by atoms with Crippen molar-refractivity contribution in [2.24, 2.45) is 0 Å². The highest BCUT2D eigenvalue weighted by Crippen LogP contribution is 2.36. The van der Waals surface area contributed by atoms with Crippen molar-refractivity contribution in [2.45, 2.75) is 24.9 Å². The summed E-state index contributed by atoms with van der Waals surface area (Å²) >= 11 is 0. The Labute approximate surface area is 113 Å². The van der Waals surface area contributed by atoms with Crippen molar-refractivity contribution in [2.75, 3.05) is 24.7 Å². The number of nitrogens with zero attached hydrogens (tertiary/aromatic N) is 1. The maximum absolute atomic E-state index is 5.99. The van der Waals surface area contributed by atoms with E-state index < -0.39 is 0 Å². The average Bonchev–Trinajstić information content (AvgIpc) is 2.41. The Morgan fingerprint density at radius 2 is 2.16 bits per heavy atom. The highest BCUT2D eigenvalue weighted by atomic mass is 16.5. The van der Waals surface area contributed by atoms with Crippen LogP contribution in [0.3, 0.4) is 0 Å². The van der Waals surface area contributed by atoms with Crippen LogP contribution >= 0.6 is 0 Å². The van der Waals surface area contributed by atoms with E-state index in [0.29, 0.717) is 0 Å². The van der Waals surface area contributed by atoms with Gasteiger partial charge < -0.3 is 15.8 Å². The Bertz CT molecular complexity index is 587. The molecule has 3 N–H and O–H groups in total. The van der Waals surface area contributed by atoms with Gasteiger partial charge in [-0.25, -0.2) is 0 Å². The van der Waals surface area contributed by atoms with Gasteiger partial charge in [-0.15, -0.1) is 0 Å². The fourth-order valence-corrected chi connectivity index (χ4v) is 2.65. The summed E-state index contributed by atoms with van der Waals surface area (Å²) in [6, 6.07) is 5.90. The summed E-state index contributed by atoms with van der Waals surface area (Å²) in [5.74, 6) is 0. The summed E-state index contributed by atoms with van der Waals surface area (Å²) in [6.07, 6.45) is 7.13. The van der Waals surface area contributed by atoms with Gasteiger partial charge in [0.05, 0.1) is 5.60 Å². The average molecular weight is 257 g/mol. The third-order valence-electron chi connectivity index (χ3n) is 4.15. The number of pyridine rings is 1. The zero-order valence-corrected chi connectivity index (χ0v) is 11.1. The van der Waals surface area contributed by atoms with Crippen LogP contribution in [0.5, 0.6) is 0 Å². The normalized spacial score (nSPS) is 17.1. The molecule has 1 fully saturated rings. The highest BCUT2D eigenvalue weighted by molar-refractivity contribution is 6.00. The number of hydrogen-bond donors (Lipinski definition) is 2. The molecule has 0 bridgehead atoms. The van der Waals surface area contributed by atoms with Crippen molar-refractivity contribution < 1.29 is 4.74 Å². The van der Waals surface area contributed by atoms with E-state index in [9.17, 15) is 0 Å². The van der Waals surface area contributed by atoms with Crippen LogP contribution in [0, 0.1) is 0 Å². The van der Waals surface area contributed by atoms with E-state index in [1.54, 1.807) is 13.3 Å². The summed E-state index contributed by atoms with van der Waals surface area (Å²) in [5.41, 5.74) is 7.86. The summed E-state index contributed by atoms with van der Waals surface area (Å²) in [6.45, 7) is 0.831. The second-order valence-electron chi connectivity index (χ2n) is 5.22. The molecule has 1 heterocycles. The molecule has 2 aromatic rings. The quantitative estimate of drug-likeness (QED) is 0.827. The molecule has 1 aromatic carbocycles. The third-order valence-corrected chi connectivity index (χ3v) is 4.15. The van der Waals surface area contributed by atoms with Crippen molar-refractivity contribution >= 4 is 22.1 Å². The number of ether oxygens (including phenoxy) is 1. The molecular formula is C15H19N3O. The smallest absolute Gasteiger partial charge is 0.0850 e. The monoisotopic (exact) mass is 257 g/mol. The first-order valence-electron chi connectivity index (χ1n) is 6.65. The van der Waals surface area contributed by atoms with E-state index in [1.165, 1.54) is 6.42 Å². The number of benzene rings is 1. The molecule has 0 spiro atoms. The Balaban J connectivity index is 1.87. The number of methoxy groups -OCH3 is 1. The van der Waals surface area contributed by atoms with Gasteiger partial charge in [-0.2, -0.15) is 0 Å². The van der Waals surface area contributed by atoms with Crippen LogP contribution in [0.1, 0.15) is 19.3 Å². The first kappa shape index (κ1) is 12.2. The van der Waals surface area contributed by atoms with E-state index >= 15 is 0 Å². The number of aromatic nitrogens is 1. The van der Waals surface area contributed by atoms with Crippen LogP contribution in [0.2, 0.25) is 0 Å². The van der Waals surface area contributed by atoms with Gasteiger partial charge in [0.15, 0.2) is 0 Å². The molecule has 1 saturated carbocycles. The van der Waals surface area contributed by atoms with Gasteiger partial charge in [-0.1, -0.05) is 0 Å². The van der Waals surface area contributed by atoms with Crippen molar-refractivity contribution in [1.29, 1.82) is 0 Å². The lowest BCUT2D eigenvalue weighted by molar-refractivity contribution is -0.0601. The maximum Gasteiger partial charge on any atom is 0.0850 e. The second kappa shape index (κ2) is 4.70. The molecule has 1 aliphatic carbocycles. The standard InChI is InChI=1S/C15H19N3O/c1-19-15(6-2-7-15)10-18-14-4-3-13(16)11-5-8-17-9-12(11)14/h3-5,8-9,18H,2,6-7,10,16H2,1H3. The number of nitrogens with one attached hydrogen (secondary N) is 1. The molecule has 1 aromatic heterocycles. The third kappa shape index (κ3) is 2.12. The molecule has 0 radical (unpaired) electrons. The van der Waals surface area contributed by atoms with Crippen LogP contribution in [-0.4, -0.2) is 24.2 Å². The van der Waals surface area contributed by atoms with Crippen LogP contribution in [0.4, 0.5) is 11.4 Å². The lowest BCUT2D eigenvalue weighted by Crippen LogP contribution is -2.45. The molecule has 0 amide bonds. The number of rotatable bonds is 4. The summed E-state index contributed by atoms with van der Waals surface area (Å²) in [4.78, 5) is 4.19. The van der Waals surface area contributed by atoms with Gasteiger partial charge in [0.1, 0.15) is 0 Å². The van der Waals surface area contributed by atoms with Crippen LogP contribution in [0.25, 0.3) is 10.8 Å². The summed E-state index contributed by atoms with van der Waals surface area (Å²) < 4.78 is 5.63. The fraction of sp³-hybridized carbons (Fsp3) is 0.400. The van der Waals surface area contributed by atoms with Gasteiger partial charge in [0.2, 0.25) is 0 Å². The van der Waals surface area contributed by atoms with E-state index in [4.69, 9.17) is 10.5 Å². The van der Waals surface area contributed by atoms with E-state index in [-0.39, 0.29) is 5.60 Å². The van der Waals surface area contributed by atoms with E-state index in [2.05, 4.69) is 10.3 Å². The lowest BCUT2D eigenvalue weighted by Gasteiger charge is -2.40. The summed E-state index contributed by atoms with van der Waals surface area (Å²) in [5, 5.41) is 5.59. The predicted molar refractivity (Wildman–Crippen MR) is 78.2 cm³/mol. The fourth-order valence-electron chi connectivity index (χ4n) is 2.65. The van der Waals surface area contributed by atoms with Gasteiger partial charge >= 0.3 is 0 Å². The van der Waals surface area contributed by atoms with E-state index in [0.717, 1.165) is 41.5 Å². The summed E-state index contributed by atoms with van der Waals surface area (Å²) in [7, 11) is 1.80. The Morgan fingerprint density at radius 1 is 1.32 bits per heavy atom. The molecule has 4 heteroatoms. The SMILES string of the molecule is COC1(CNc2ccc(N)c3ccncc23)CCC1. The number of nitrogen functional groups attached to an aromatic ring is 1. The Hall–Kier alpha value is -1.81. The first-order valence-corrected chi connectivity index (χ1v) is 6.65. The maximum atomic E-state index is 5.99. The molecule has 0 atom stereocenters. The van der Waals surface area contributed by atoms with Gasteiger partial charge in [0, 0.05) is 48.2 Å². The number of fused-ring (bicyclic) bond motifs is 1. The van der Waals surface area contributed by atoms with Gasteiger partial charge in [-0.3, -0.25) is 4.98 Å². The van der Waals surface area contributed by atoms with Crippen LogP contribution in [-0.2, 0) is 4.74 Å². The minimum atomic E-state index is 0.00984. The van der Waals surface area contributed by atoms with Gasteiger partial charge in [0.25, 0.3) is 0 Å². The molecule has 0 aliphatic heterocycles. The molecule has 0 unspecified atom stereocenters. The zero-order chi connectivity index (χ0) is 13.3. The number of hydrogen-bond acceptors (Lipinski definition) is 4. The number of nitrogens with two attached hydrogens (primary N) is 1. The lowest BCUT2D eigenvalue weighted by atomic mass is 9.80. The Morgan fingerprint density at radius 3 is 2.84 bits per heavy atom. The van der Waals surface area contributed by atoms with E-state index in [1.807, 2.05) is 24.4 Å². The van der Waals surface area contributed by atoms with Gasteiger partial charge in [-0.05, 0) is 37.5 Å². The first-order chi connectivity index (χ1) is 9.24.